The van der Waals surface area contributed by atoms with Crippen molar-refractivity contribution < 1.29 is 10.0 Å². The van der Waals surface area contributed by atoms with Gasteiger partial charge in [0.25, 0.3) is 0 Å². The van der Waals surface area contributed by atoms with Crippen LogP contribution in [0.5, 0.6) is 0 Å². The zero-order valence-corrected chi connectivity index (χ0v) is 51.8. The number of hydrogen-bond donors (Lipinski definition) is 2. The van der Waals surface area contributed by atoms with Gasteiger partial charge in [-0.1, -0.05) is 295 Å². The molecule has 92 heavy (non-hydrogen) atoms. The smallest absolute Gasteiger partial charge is 0.423 e. The second-order valence-corrected chi connectivity index (χ2v) is 24.7. The van der Waals surface area contributed by atoms with Crippen LogP contribution >= 0.6 is 15.9 Å². The molecule has 0 radical (unpaired) electrons. The molecule has 2 N–H and O–H groups in total. The summed E-state index contributed by atoms with van der Waals surface area (Å²) in [6, 6.07) is 121. The van der Waals surface area contributed by atoms with E-state index in [4.69, 9.17) is 0 Å². The minimum atomic E-state index is -1.46. The van der Waals surface area contributed by atoms with Crippen molar-refractivity contribution in [1.29, 1.82) is 0 Å². The van der Waals surface area contributed by atoms with Crippen molar-refractivity contribution in [3.8, 4) is 55.6 Å². The van der Waals surface area contributed by atoms with Gasteiger partial charge in [-0.05, 0) is 229 Å². The predicted molar refractivity (Wildman–Crippen MR) is 399 cm³/mol. The molecular formula is C88H58BBrO2. The first-order valence-electron chi connectivity index (χ1n) is 31.3. The topological polar surface area (TPSA) is 40.5 Å². The van der Waals surface area contributed by atoms with Gasteiger partial charge < -0.3 is 10.0 Å². The fraction of sp³-hybridized carbons (Fsp3) is 0. The average molecular weight is 1240 g/mol. The minimum absolute atomic E-state index is 0.500. The van der Waals surface area contributed by atoms with E-state index in [0.29, 0.717) is 5.46 Å². The molecule has 0 bridgehead atoms. The first-order chi connectivity index (χ1) is 45.3. The Morgan fingerprint density at radius 1 is 0.185 bits per heavy atom. The maximum absolute atomic E-state index is 9.44. The average Bonchev–Trinajstić information content (AvgIpc) is 0.823. The van der Waals surface area contributed by atoms with Crippen molar-refractivity contribution >= 4 is 136 Å². The molecule has 0 aromatic heterocycles. The highest BCUT2D eigenvalue weighted by molar-refractivity contribution is 9.10. The van der Waals surface area contributed by atoms with Gasteiger partial charge in [0.2, 0.25) is 0 Å². The van der Waals surface area contributed by atoms with E-state index >= 15 is 0 Å². The van der Waals surface area contributed by atoms with Crippen LogP contribution in [0.4, 0.5) is 0 Å². The SMILES string of the molecule is Brc1ccc2cc(-c3cc4ccccc4c4ccccc34)ccc2c1.OB(O)c1cccc(-c2cc3ccccc3c3ccccc23)c1.c1cc(-c2ccc3cc(-c4cc5ccccc5c5ccccc45)ccc3c2)cc(-c2cc3ccccc3c3ccccc23)c1. The first kappa shape index (κ1) is 56.3. The third kappa shape index (κ3) is 10.6. The van der Waals surface area contributed by atoms with Crippen LogP contribution in [0.1, 0.15) is 0 Å². The van der Waals surface area contributed by atoms with Crippen LogP contribution < -0.4 is 5.46 Å². The molecule has 0 aliphatic carbocycles. The Morgan fingerprint density at radius 3 is 0.848 bits per heavy atom. The fourth-order valence-corrected chi connectivity index (χ4v) is 14.3. The molecule has 18 aromatic rings. The van der Waals surface area contributed by atoms with E-state index in [1.807, 2.05) is 36.4 Å². The first-order valence-corrected chi connectivity index (χ1v) is 32.1. The molecule has 4 heteroatoms. The lowest BCUT2D eigenvalue weighted by Crippen LogP contribution is -2.29. The van der Waals surface area contributed by atoms with Crippen LogP contribution in [0.3, 0.4) is 0 Å². The molecule has 18 aromatic carbocycles. The van der Waals surface area contributed by atoms with Crippen LogP contribution in [0.25, 0.3) is 163 Å². The van der Waals surface area contributed by atoms with Crippen LogP contribution in [-0.4, -0.2) is 17.2 Å². The minimum Gasteiger partial charge on any atom is -0.423 e. The van der Waals surface area contributed by atoms with E-state index in [1.54, 1.807) is 6.07 Å². The van der Waals surface area contributed by atoms with Gasteiger partial charge >= 0.3 is 7.12 Å². The number of rotatable bonds is 6. The molecule has 432 valence electrons. The lowest BCUT2D eigenvalue weighted by molar-refractivity contribution is 0.426. The largest absolute Gasteiger partial charge is 0.488 e. The Hall–Kier alpha value is -11.0. The molecule has 18 rings (SSSR count). The van der Waals surface area contributed by atoms with Gasteiger partial charge in [-0.2, -0.15) is 0 Å². The van der Waals surface area contributed by atoms with Gasteiger partial charge in [0.1, 0.15) is 0 Å². The van der Waals surface area contributed by atoms with Crippen molar-refractivity contribution in [3.05, 3.63) is 344 Å². The van der Waals surface area contributed by atoms with Crippen molar-refractivity contribution in [1.82, 2.24) is 0 Å². The summed E-state index contributed by atoms with van der Waals surface area (Å²) in [6.07, 6.45) is 0. The summed E-state index contributed by atoms with van der Waals surface area (Å²) >= 11 is 3.56. The van der Waals surface area contributed by atoms with E-state index in [0.717, 1.165) is 21.0 Å². The van der Waals surface area contributed by atoms with Crippen LogP contribution in [0, 0.1) is 0 Å². The number of benzene rings is 18. The zero-order chi connectivity index (χ0) is 61.7. The molecule has 0 fully saturated rings. The van der Waals surface area contributed by atoms with E-state index < -0.39 is 7.12 Å². The lowest BCUT2D eigenvalue weighted by atomic mass is 9.78. The van der Waals surface area contributed by atoms with Gasteiger partial charge in [0.15, 0.2) is 0 Å². The quantitative estimate of drug-likeness (QED) is 0.129. The van der Waals surface area contributed by atoms with Crippen LogP contribution in [-0.2, 0) is 0 Å². The van der Waals surface area contributed by atoms with Crippen LogP contribution in [0.2, 0.25) is 0 Å². The van der Waals surface area contributed by atoms with E-state index in [9.17, 15) is 10.0 Å². The molecule has 0 aliphatic rings. The van der Waals surface area contributed by atoms with Crippen LogP contribution in [0.15, 0.2) is 344 Å². The van der Waals surface area contributed by atoms with Crippen molar-refractivity contribution in [3.63, 3.8) is 0 Å². The highest BCUT2D eigenvalue weighted by Gasteiger charge is 2.16. The fourth-order valence-electron chi connectivity index (χ4n) is 13.9. The number of halogens is 1. The van der Waals surface area contributed by atoms with Crippen molar-refractivity contribution in [2.45, 2.75) is 0 Å². The number of hydrogen-bond acceptors (Lipinski definition) is 2. The van der Waals surface area contributed by atoms with Gasteiger partial charge in [-0.3, -0.25) is 0 Å². The van der Waals surface area contributed by atoms with Gasteiger partial charge in [0.05, 0.1) is 0 Å². The maximum Gasteiger partial charge on any atom is 0.488 e. The summed E-state index contributed by atoms with van der Waals surface area (Å²) in [6.45, 7) is 0. The summed E-state index contributed by atoms with van der Waals surface area (Å²) < 4.78 is 1.11. The summed E-state index contributed by atoms with van der Waals surface area (Å²) in [7, 11) is -1.46. The molecule has 0 atom stereocenters. The molecule has 0 unspecified atom stereocenters. The van der Waals surface area contributed by atoms with E-state index in [2.05, 4.69) is 313 Å². The van der Waals surface area contributed by atoms with Gasteiger partial charge in [-0.25, -0.2) is 0 Å². The maximum atomic E-state index is 9.44. The Morgan fingerprint density at radius 2 is 0.457 bits per heavy atom. The standard InChI is InChI=1S/C44H28.C24H15Br.C20H15BO2/c1-3-14-37-34(10-1)27-43(41-18-7-5-16-39(37)41)33-13-9-12-29(25-33)30-20-21-32-26-36(23-22-31(32)24-30)44-28-35-11-2-4-15-38(35)40-17-6-8-19-42(40)44;25-20-12-11-16-13-19(10-9-17(16)14-20)24-15-18-5-1-2-6-21(18)22-7-3-4-8-23(22)24;22-21(23)16-8-5-7-14(12-16)20-13-15-6-1-2-9-17(15)18-10-3-4-11-19(18)20/h1-28H;1-15H;1-13,22-23H. The molecular weight excluding hydrogens is 1180 g/mol. The molecule has 0 amide bonds. The Labute approximate surface area is 542 Å². The molecule has 0 heterocycles. The molecule has 2 nitrogen and oxygen atoms in total. The second-order valence-electron chi connectivity index (χ2n) is 23.8. The highest BCUT2D eigenvalue weighted by Crippen LogP contribution is 2.41. The molecule has 0 spiro atoms. The Kier molecular flexibility index (Phi) is 14.7. The molecule has 0 aliphatic heterocycles. The second kappa shape index (κ2) is 24.1. The molecule has 0 saturated heterocycles. The summed E-state index contributed by atoms with van der Waals surface area (Å²) in [5.74, 6) is 0. The third-order valence-corrected chi connectivity index (χ3v) is 18.8. The Bertz CT molecular complexity index is 5910. The normalized spacial score (nSPS) is 11.4. The van der Waals surface area contributed by atoms with E-state index in [1.165, 1.54) is 147 Å². The third-order valence-electron chi connectivity index (χ3n) is 18.3. The summed E-state index contributed by atoms with van der Waals surface area (Å²) in [5.41, 5.74) is 12.6. The highest BCUT2D eigenvalue weighted by atomic mass is 79.9. The lowest BCUT2D eigenvalue weighted by Gasteiger charge is -2.13. The molecule has 0 saturated carbocycles. The summed E-state index contributed by atoms with van der Waals surface area (Å²) in [4.78, 5) is 0. The van der Waals surface area contributed by atoms with Gasteiger partial charge in [0, 0.05) is 4.47 Å². The summed E-state index contributed by atoms with van der Waals surface area (Å²) in [5, 5.41) is 44.2. The van der Waals surface area contributed by atoms with Crippen molar-refractivity contribution in [2.24, 2.45) is 0 Å². The Balaban J connectivity index is 0.000000119. The zero-order valence-electron chi connectivity index (χ0n) is 50.2. The monoisotopic (exact) mass is 1240 g/mol. The predicted octanol–water partition coefficient (Wildman–Crippen LogP) is 23.4. The van der Waals surface area contributed by atoms with E-state index in [-0.39, 0.29) is 0 Å². The van der Waals surface area contributed by atoms with Crippen molar-refractivity contribution in [2.75, 3.05) is 0 Å². The van der Waals surface area contributed by atoms with Gasteiger partial charge in [-0.15, -0.1) is 0 Å². The number of fused-ring (bicyclic) bond motifs is 14.